The number of ether oxygens (including phenoxy) is 1. The van der Waals surface area contributed by atoms with Gasteiger partial charge in [-0.15, -0.1) is 0 Å². The smallest absolute Gasteiger partial charge is 0.0710 e. The molecule has 3 atom stereocenters. The van der Waals surface area contributed by atoms with E-state index in [-0.39, 0.29) is 5.60 Å². The summed E-state index contributed by atoms with van der Waals surface area (Å²) in [5.74, 6) is 0. The number of hydrogen-bond donors (Lipinski definition) is 1. The van der Waals surface area contributed by atoms with Crippen LogP contribution in [0.1, 0.15) is 60.3 Å². The first-order valence-electron chi connectivity index (χ1n) is 8.05. The molecule has 3 heteroatoms. The minimum absolute atomic E-state index is 0.0888. The molecule has 0 spiro atoms. The fourth-order valence-corrected chi connectivity index (χ4v) is 3.40. The minimum Gasteiger partial charge on any atom is -0.371 e. The first-order valence-corrected chi connectivity index (χ1v) is 8.05. The summed E-state index contributed by atoms with van der Waals surface area (Å²) >= 11 is 0. The molecule has 2 aliphatic heterocycles. The molecule has 2 fully saturated rings. The summed E-state index contributed by atoms with van der Waals surface area (Å²) in [6, 6.07) is 0.647. The van der Waals surface area contributed by atoms with Gasteiger partial charge < -0.3 is 10.1 Å². The normalized spacial score (nSPS) is 39.6. The zero-order valence-electron chi connectivity index (χ0n) is 13.5. The summed E-state index contributed by atoms with van der Waals surface area (Å²) < 4.78 is 6.20. The second-order valence-electron chi connectivity index (χ2n) is 7.28. The Morgan fingerprint density at radius 2 is 2.00 bits per heavy atom. The molecule has 2 heterocycles. The van der Waals surface area contributed by atoms with Crippen LogP contribution in [0.2, 0.25) is 0 Å². The van der Waals surface area contributed by atoms with Crippen LogP contribution in [-0.4, -0.2) is 47.8 Å². The van der Waals surface area contributed by atoms with Gasteiger partial charge in [0.1, 0.15) is 0 Å². The van der Waals surface area contributed by atoms with Crippen LogP contribution in [0.5, 0.6) is 0 Å². The Morgan fingerprint density at radius 3 is 2.53 bits per heavy atom. The quantitative estimate of drug-likeness (QED) is 0.848. The number of nitrogens with one attached hydrogen (secondary N) is 1. The second kappa shape index (κ2) is 5.71. The van der Waals surface area contributed by atoms with E-state index in [4.69, 9.17) is 4.74 Å². The molecule has 3 unspecified atom stereocenters. The van der Waals surface area contributed by atoms with Crippen molar-refractivity contribution in [2.75, 3.05) is 19.6 Å². The van der Waals surface area contributed by atoms with Crippen LogP contribution in [0.3, 0.4) is 0 Å². The lowest BCUT2D eigenvalue weighted by Crippen LogP contribution is -2.64. The maximum absolute atomic E-state index is 6.20. The third-order valence-corrected chi connectivity index (χ3v) is 5.21. The third kappa shape index (κ3) is 3.50. The van der Waals surface area contributed by atoms with E-state index in [2.05, 4.69) is 44.8 Å². The average molecular weight is 268 g/mol. The van der Waals surface area contributed by atoms with E-state index in [1.54, 1.807) is 0 Å². The van der Waals surface area contributed by atoms with Gasteiger partial charge in [0.2, 0.25) is 0 Å². The summed E-state index contributed by atoms with van der Waals surface area (Å²) in [4.78, 5) is 2.68. The molecule has 0 aromatic heterocycles. The second-order valence-corrected chi connectivity index (χ2v) is 7.28. The van der Waals surface area contributed by atoms with Crippen molar-refractivity contribution in [3.05, 3.63) is 0 Å². The fourth-order valence-electron chi connectivity index (χ4n) is 3.40. The molecular weight excluding hydrogens is 236 g/mol. The zero-order valence-corrected chi connectivity index (χ0v) is 13.5. The van der Waals surface area contributed by atoms with Gasteiger partial charge in [-0.05, 0) is 46.5 Å². The van der Waals surface area contributed by atoms with Crippen molar-refractivity contribution in [1.29, 1.82) is 0 Å². The summed E-state index contributed by atoms with van der Waals surface area (Å²) in [6.45, 7) is 14.8. The van der Waals surface area contributed by atoms with Crippen molar-refractivity contribution in [3.8, 4) is 0 Å². The van der Waals surface area contributed by atoms with E-state index in [0.717, 1.165) is 13.1 Å². The molecule has 2 aliphatic rings. The summed E-state index contributed by atoms with van der Waals surface area (Å²) in [5.41, 5.74) is 0.382. The monoisotopic (exact) mass is 268 g/mol. The number of hydrogen-bond acceptors (Lipinski definition) is 3. The highest BCUT2D eigenvalue weighted by Gasteiger charge is 2.39. The maximum atomic E-state index is 6.20. The van der Waals surface area contributed by atoms with Crippen molar-refractivity contribution in [2.45, 2.75) is 83.6 Å². The van der Waals surface area contributed by atoms with Crippen LogP contribution in [0.25, 0.3) is 0 Å². The van der Waals surface area contributed by atoms with Crippen LogP contribution in [0.15, 0.2) is 0 Å². The predicted octanol–water partition coefficient (Wildman–Crippen LogP) is 2.80. The van der Waals surface area contributed by atoms with Crippen molar-refractivity contribution < 1.29 is 4.74 Å². The summed E-state index contributed by atoms with van der Waals surface area (Å²) in [7, 11) is 0. The molecule has 112 valence electrons. The first-order chi connectivity index (χ1) is 8.88. The van der Waals surface area contributed by atoms with E-state index >= 15 is 0 Å². The van der Waals surface area contributed by atoms with Crippen LogP contribution in [0, 0.1) is 0 Å². The van der Waals surface area contributed by atoms with Gasteiger partial charge in [-0.1, -0.05) is 13.8 Å². The van der Waals surface area contributed by atoms with E-state index in [1.165, 1.54) is 32.2 Å². The lowest BCUT2D eigenvalue weighted by molar-refractivity contribution is -0.0533. The Balaban J connectivity index is 1.98. The van der Waals surface area contributed by atoms with E-state index in [1.807, 2.05) is 0 Å². The molecule has 0 saturated carbocycles. The van der Waals surface area contributed by atoms with E-state index < -0.39 is 0 Å². The minimum atomic E-state index is 0.0888. The van der Waals surface area contributed by atoms with Gasteiger partial charge in [-0.3, -0.25) is 4.90 Å². The Kier molecular flexibility index (Phi) is 4.59. The van der Waals surface area contributed by atoms with Gasteiger partial charge in [-0.25, -0.2) is 0 Å². The first kappa shape index (κ1) is 15.3. The maximum Gasteiger partial charge on any atom is 0.0710 e. The molecule has 0 bridgehead atoms. The Hall–Kier alpha value is -0.120. The van der Waals surface area contributed by atoms with Gasteiger partial charge in [0.25, 0.3) is 0 Å². The highest BCUT2D eigenvalue weighted by molar-refractivity contribution is 4.96. The van der Waals surface area contributed by atoms with Gasteiger partial charge in [0.05, 0.1) is 11.7 Å². The van der Waals surface area contributed by atoms with Crippen molar-refractivity contribution in [3.63, 3.8) is 0 Å². The van der Waals surface area contributed by atoms with E-state index in [9.17, 15) is 0 Å². The number of nitrogens with zero attached hydrogens (tertiary/aromatic N) is 1. The molecule has 2 rings (SSSR count). The SMILES string of the molecule is CCC1CN(CC2CCC(C)(C)O2)C(C)(CC)CN1. The molecule has 3 nitrogen and oxygen atoms in total. The molecule has 0 aromatic rings. The molecular formula is C16H32N2O. The zero-order chi connectivity index (χ0) is 14.1. The molecule has 2 saturated heterocycles. The largest absolute Gasteiger partial charge is 0.371 e. The van der Waals surface area contributed by atoms with E-state index in [0.29, 0.717) is 17.7 Å². The fraction of sp³-hybridized carbons (Fsp3) is 1.00. The Bertz CT molecular complexity index is 305. The van der Waals surface area contributed by atoms with Gasteiger partial charge >= 0.3 is 0 Å². The van der Waals surface area contributed by atoms with Crippen LogP contribution >= 0.6 is 0 Å². The average Bonchev–Trinajstić information content (AvgIpc) is 2.71. The van der Waals surface area contributed by atoms with Gasteiger partial charge in [0.15, 0.2) is 0 Å². The number of piperazine rings is 1. The molecule has 0 aromatic carbocycles. The van der Waals surface area contributed by atoms with Crippen molar-refractivity contribution >= 4 is 0 Å². The van der Waals surface area contributed by atoms with Crippen molar-refractivity contribution in [2.24, 2.45) is 0 Å². The molecule has 19 heavy (non-hydrogen) atoms. The summed E-state index contributed by atoms with van der Waals surface area (Å²) in [5, 5.41) is 3.70. The summed E-state index contributed by atoms with van der Waals surface area (Å²) in [6.07, 6.45) is 5.26. The van der Waals surface area contributed by atoms with Crippen LogP contribution in [0.4, 0.5) is 0 Å². The lowest BCUT2D eigenvalue weighted by atomic mass is 9.91. The Morgan fingerprint density at radius 1 is 1.26 bits per heavy atom. The third-order valence-electron chi connectivity index (χ3n) is 5.21. The molecule has 0 amide bonds. The predicted molar refractivity (Wildman–Crippen MR) is 80.5 cm³/mol. The topological polar surface area (TPSA) is 24.5 Å². The van der Waals surface area contributed by atoms with Crippen molar-refractivity contribution in [1.82, 2.24) is 10.2 Å². The Labute approximate surface area is 119 Å². The van der Waals surface area contributed by atoms with Crippen LogP contribution in [-0.2, 0) is 4.74 Å². The highest BCUT2D eigenvalue weighted by Crippen LogP contribution is 2.32. The van der Waals surface area contributed by atoms with Gasteiger partial charge in [0, 0.05) is 31.2 Å². The standard InChI is InChI=1S/C16H32N2O/c1-6-13-10-18(16(5,7-2)12-17-13)11-14-8-9-15(3,4)19-14/h13-14,17H,6-12H2,1-5H3. The molecule has 0 radical (unpaired) electrons. The highest BCUT2D eigenvalue weighted by atomic mass is 16.5. The van der Waals surface area contributed by atoms with Crippen LogP contribution < -0.4 is 5.32 Å². The lowest BCUT2D eigenvalue weighted by Gasteiger charge is -2.48. The molecule has 1 N–H and O–H groups in total. The van der Waals surface area contributed by atoms with Gasteiger partial charge in [-0.2, -0.15) is 0 Å². The molecule has 0 aliphatic carbocycles. The number of rotatable bonds is 4.